The van der Waals surface area contributed by atoms with E-state index >= 15 is 0 Å². The van der Waals surface area contributed by atoms with E-state index in [4.69, 9.17) is 9.47 Å². The molecular weight excluding hydrogens is 384 g/mol. The third-order valence-corrected chi connectivity index (χ3v) is 4.81. The zero-order valence-corrected chi connectivity index (χ0v) is 18.1. The van der Waals surface area contributed by atoms with Gasteiger partial charge in [-0.3, -0.25) is 4.79 Å². The largest absolute Gasteiger partial charge is 0.490 e. The van der Waals surface area contributed by atoms with Gasteiger partial charge >= 0.3 is 0 Å². The lowest BCUT2D eigenvalue weighted by molar-refractivity contribution is -0.118. The van der Waals surface area contributed by atoms with E-state index < -0.39 is 0 Å². The summed E-state index contributed by atoms with van der Waals surface area (Å²) >= 11 is 1.57. The van der Waals surface area contributed by atoms with E-state index in [-0.39, 0.29) is 5.91 Å². The molecule has 29 heavy (non-hydrogen) atoms. The molecule has 0 radical (unpaired) electrons. The molecule has 0 aliphatic rings. The Labute approximate surface area is 177 Å². The first kappa shape index (κ1) is 22.6. The zero-order valence-electron chi connectivity index (χ0n) is 17.2. The summed E-state index contributed by atoms with van der Waals surface area (Å²) in [5.74, 6) is 2.29. The first-order chi connectivity index (χ1) is 14.0. The maximum absolute atomic E-state index is 12.0. The molecule has 0 aliphatic carbocycles. The Morgan fingerprint density at radius 1 is 1.14 bits per heavy atom. The van der Waals surface area contributed by atoms with Crippen LogP contribution in [0.3, 0.4) is 0 Å². The van der Waals surface area contributed by atoms with Gasteiger partial charge in [-0.25, -0.2) is 5.43 Å². The quantitative estimate of drug-likeness (QED) is 0.332. The lowest BCUT2D eigenvalue weighted by Crippen LogP contribution is -2.19. The minimum absolute atomic E-state index is 0.133. The van der Waals surface area contributed by atoms with Crippen molar-refractivity contribution in [1.82, 2.24) is 5.43 Å². The number of hydrogen-bond donors (Lipinski definition) is 1. The average Bonchev–Trinajstić information content (AvgIpc) is 2.67. The molecule has 0 bridgehead atoms. The number of hydrazone groups is 1. The second-order valence-corrected chi connectivity index (χ2v) is 7.51. The number of amides is 1. The maximum atomic E-state index is 12.0. The summed E-state index contributed by atoms with van der Waals surface area (Å²) in [5.41, 5.74) is 7.08. The molecule has 2 aromatic carbocycles. The van der Waals surface area contributed by atoms with Crippen LogP contribution < -0.4 is 14.9 Å². The van der Waals surface area contributed by atoms with E-state index in [1.54, 1.807) is 24.1 Å². The molecule has 0 atom stereocenters. The number of ether oxygens (including phenoxy) is 2. The summed E-state index contributed by atoms with van der Waals surface area (Å²) in [7, 11) is 0. The topological polar surface area (TPSA) is 59.9 Å². The number of nitrogens with zero attached hydrogens (tertiary/aromatic N) is 1. The Hall–Kier alpha value is -2.73. The molecule has 0 aromatic heterocycles. The maximum Gasteiger partial charge on any atom is 0.250 e. The Morgan fingerprint density at radius 3 is 2.59 bits per heavy atom. The van der Waals surface area contributed by atoms with Gasteiger partial charge in [0.15, 0.2) is 11.5 Å². The Balaban J connectivity index is 1.84. The van der Waals surface area contributed by atoms with Crippen LogP contribution in [0.4, 0.5) is 0 Å². The van der Waals surface area contributed by atoms with Crippen LogP contribution in [0.2, 0.25) is 0 Å². The predicted octanol–water partition coefficient (Wildman–Crippen LogP) is 4.65. The van der Waals surface area contributed by atoms with E-state index in [0.717, 1.165) is 11.3 Å². The molecule has 5 nitrogen and oxygen atoms in total. The summed E-state index contributed by atoms with van der Waals surface area (Å²) in [6.07, 6.45) is 3.27. The number of carbonyl (C=O) groups is 1. The van der Waals surface area contributed by atoms with Gasteiger partial charge in [-0.15, -0.1) is 11.8 Å². The fraction of sp³-hybridized carbons (Fsp3) is 0.304. The monoisotopic (exact) mass is 412 g/mol. The lowest BCUT2D eigenvalue weighted by Gasteiger charge is -2.11. The van der Waals surface area contributed by atoms with Crippen molar-refractivity contribution in [3.05, 3.63) is 71.3 Å². The van der Waals surface area contributed by atoms with Crippen molar-refractivity contribution < 1.29 is 14.3 Å². The van der Waals surface area contributed by atoms with Crippen LogP contribution in [0.5, 0.6) is 11.5 Å². The minimum Gasteiger partial charge on any atom is -0.490 e. The summed E-state index contributed by atoms with van der Waals surface area (Å²) in [4.78, 5) is 12.0. The molecular formula is C23H28N2O3S. The molecule has 1 N–H and O–H groups in total. The Kier molecular flexibility index (Phi) is 9.31. The van der Waals surface area contributed by atoms with Gasteiger partial charge in [0.05, 0.1) is 18.6 Å². The van der Waals surface area contributed by atoms with E-state index in [9.17, 15) is 4.79 Å². The first-order valence-corrected chi connectivity index (χ1v) is 10.6. The van der Waals surface area contributed by atoms with Crippen LogP contribution in [0.1, 0.15) is 29.2 Å². The van der Waals surface area contributed by atoms with E-state index in [0.29, 0.717) is 30.5 Å². The second-order valence-electron chi connectivity index (χ2n) is 6.52. The standard InChI is InChI=1S/C23H28N2O3S/c1-5-9-28-21-8-7-19(13-22(21)27-6-2)14-24-25-23(26)16-29-15-20-11-17(3)10-18(4)12-20/h5,7-8,10-14H,1,6,9,15-16H2,2-4H3,(H,25,26)/b24-14-. The fourth-order valence-electron chi connectivity index (χ4n) is 2.77. The summed E-state index contributed by atoms with van der Waals surface area (Å²) < 4.78 is 11.2. The third kappa shape index (κ3) is 8.03. The second kappa shape index (κ2) is 12.0. The van der Waals surface area contributed by atoms with Crippen molar-refractivity contribution >= 4 is 23.9 Å². The molecule has 154 valence electrons. The average molecular weight is 413 g/mol. The van der Waals surface area contributed by atoms with E-state index in [2.05, 4.69) is 49.2 Å². The van der Waals surface area contributed by atoms with Crippen molar-refractivity contribution in [3.8, 4) is 11.5 Å². The Bertz CT molecular complexity index is 845. The van der Waals surface area contributed by atoms with Crippen LogP contribution in [0, 0.1) is 13.8 Å². The fourth-order valence-corrected chi connectivity index (χ4v) is 3.52. The van der Waals surface area contributed by atoms with Crippen molar-refractivity contribution in [1.29, 1.82) is 0 Å². The third-order valence-electron chi connectivity index (χ3n) is 3.81. The number of carbonyl (C=O) groups excluding carboxylic acids is 1. The number of hydrogen-bond acceptors (Lipinski definition) is 5. The number of aryl methyl sites for hydroxylation is 2. The van der Waals surface area contributed by atoms with Gasteiger partial charge in [-0.1, -0.05) is 42.0 Å². The van der Waals surface area contributed by atoms with Gasteiger partial charge in [-0.05, 0) is 50.1 Å². The van der Waals surface area contributed by atoms with Crippen molar-refractivity contribution in [3.63, 3.8) is 0 Å². The molecule has 0 saturated heterocycles. The van der Waals surface area contributed by atoms with Crippen molar-refractivity contribution in [2.24, 2.45) is 5.10 Å². The predicted molar refractivity (Wildman–Crippen MR) is 121 cm³/mol. The van der Waals surface area contributed by atoms with Crippen LogP contribution in [-0.4, -0.2) is 31.1 Å². The molecule has 0 spiro atoms. The smallest absolute Gasteiger partial charge is 0.250 e. The zero-order chi connectivity index (χ0) is 21.1. The van der Waals surface area contributed by atoms with E-state index in [1.807, 2.05) is 25.1 Å². The summed E-state index contributed by atoms with van der Waals surface area (Å²) in [6.45, 7) is 10.6. The molecule has 0 fully saturated rings. The highest BCUT2D eigenvalue weighted by atomic mass is 32.2. The number of nitrogens with one attached hydrogen (secondary N) is 1. The molecule has 0 aliphatic heterocycles. The van der Waals surface area contributed by atoms with Crippen LogP contribution in [-0.2, 0) is 10.5 Å². The molecule has 1 amide bonds. The van der Waals surface area contributed by atoms with Gasteiger partial charge in [0.1, 0.15) is 6.61 Å². The SMILES string of the molecule is C=CCOc1ccc(/C=N\NC(=O)CSCc2cc(C)cc(C)c2)cc1OCC. The summed E-state index contributed by atoms with van der Waals surface area (Å²) in [5, 5.41) is 4.04. The van der Waals surface area contributed by atoms with Gasteiger partial charge in [0, 0.05) is 5.75 Å². The first-order valence-electron chi connectivity index (χ1n) is 9.49. The normalized spacial score (nSPS) is 10.7. The van der Waals surface area contributed by atoms with Gasteiger partial charge in [-0.2, -0.15) is 5.10 Å². The number of thioether (sulfide) groups is 1. The molecule has 2 rings (SSSR count). The number of benzene rings is 2. The van der Waals surface area contributed by atoms with Crippen LogP contribution in [0.25, 0.3) is 0 Å². The molecule has 0 heterocycles. The molecule has 0 saturated carbocycles. The van der Waals surface area contributed by atoms with Crippen molar-refractivity contribution in [2.45, 2.75) is 26.5 Å². The summed E-state index contributed by atoms with van der Waals surface area (Å²) in [6, 6.07) is 11.9. The minimum atomic E-state index is -0.133. The van der Waals surface area contributed by atoms with E-state index in [1.165, 1.54) is 16.7 Å². The van der Waals surface area contributed by atoms with Crippen molar-refractivity contribution in [2.75, 3.05) is 19.0 Å². The van der Waals surface area contributed by atoms with Gasteiger partial charge < -0.3 is 9.47 Å². The number of rotatable bonds is 11. The Morgan fingerprint density at radius 2 is 1.90 bits per heavy atom. The van der Waals surface area contributed by atoms with Crippen LogP contribution in [0.15, 0.2) is 54.2 Å². The van der Waals surface area contributed by atoms with Crippen LogP contribution >= 0.6 is 11.8 Å². The molecule has 6 heteroatoms. The molecule has 0 unspecified atom stereocenters. The van der Waals surface area contributed by atoms with Gasteiger partial charge in [0.2, 0.25) is 5.91 Å². The lowest BCUT2D eigenvalue weighted by atomic mass is 10.1. The highest BCUT2D eigenvalue weighted by molar-refractivity contribution is 7.99. The van der Waals surface area contributed by atoms with Gasteiger partial charge in [0.25, 0.3) is 0 Å². The highest BCUT2D eigenvalue weighted by Gasteiger charge is 2.06. The molecule has 2 aromatic rings. The highest BCUT2D eigenvalue weighted by Crippen LogP contribution is 2.28.